The molecule has 4 amide bonds. The highest BCUT2D eigenvalue weighted by Gasteiger charge is 2.25. The first kappa shape index (κ1) is 32.9. The van der Waals surface area contributed by atoms with Gasteiger partial charge in [0.05, 0.1) is 18.7 Å². The number of carboxylic acids is 1. The number of urea groups is 1. The SMILES string of the molecule is CN(C(=O)COc1ccccc1N(CCC1CCCC1)C(=O)CNC(=O)Nc1cccc(CC(=O)O)c1)c1c(F)cccc1F. The summed E-state index contributed by atoms with van der Waals surface area (Å²) in [6.07, 6.45) is 4.92. The summed E-state index contributed by atoms with van der Waals surface area (Å²) in [5, 5.41) is 14.2. The monoisotopic (exact) mass is 622 g/mol. The van der Waals surface area contributed by atoms with Gasteiger partial charge >= 0.3 is 12.0 Å². The minimum atomic E-state index is -1.00. The fourth-order valence-electron chi connectivity index (χ4n) is 5.32. The molecule has 0 aromatic heterocycles. The van der Waals surface area contributed by atoms with Gasteiger partial charge in [0, 0.05) is 19.3 Å². The Labute approximate surface area is 260 Å². The Bertz CT molecular complexity index is 1510. The van der Waals surface area contributed by atoms with Crippen LogP contribution in [-0.2, 0) is 20.8 Å². The van der Waals surface area contributed by atoms with E-state index in [1.807, 2.05) is 0 Å². The largest absolute Gasteiger partial charge is 0.482 e. The lowest BCUT2D eigenvalue weighted by Gasteiger charge is -2.27. The summed E-state index contributed by atoms with van der Waals surface area (Å²) in [6, 6.07) is 15.7. The van der Waals surface area contributed by atoms with Gasteiger partial charge in [-0.25, -0.2) is 13.6 Å². The van der Waals surface area contributed by atoms with Crippen molar-refractivity contribution in [3.05, 3.63) is 83.9 Å². The van der Waals surface area contributed by atoms with Crippen LogP contribution in [-0.4, -0.2) is 55.7 Å². The fraction of sp³-hybridized carbons (Fsp3) is 0.333. The van der Waals surface area contributed by atoms with E-state index in [1.165, 1.54) is 24.1 Å². The number of carbonyl (C=O) groups is 4. The molecule has 0 aliphatic heterocycles. The number of carbonyl (C=O) groups excluding carboxylic acids is 3. The van der Waals surface area contributed by atoms with Crippen LogP contribution in [0.1, 0.15) is 37.7 Å². The molecule has 1 saturated carbocycles. The van der Waals surface area contributed by atoms with Gasteiger partial charge in [0.2, 0.25) is 5.91 Å². The molecule has 3 aromatic rings. The average Bonchev–Trinajstić information content (AvgIpc) is 3.53. The van der Waals surface area contributed by atoms with Gasteiger partial charge in [-0.05, 0) is 54.3 Å². The summed E-state index contributed by atoms with van der Waals surface area (Å²) in [5.74, 6) is -3.24. The van der Waals surface area contributed by atoms with E-state index in [0.29, 0.717) is 29.4 Å². The maximum atomic E-state index is 14.2. The first-order valence-electron chi connectivity index (χ1n) is 14.7. The van der Waals surface area contributed by atoms with Crippen LogP contribution >= 0.6 is 0 Å². The van der Waals surface area contributed by atoms with Crippen molar-refractivity contribution in [2.75, 3.05) is 41.9 Å². The van der Waals surface area contributed by atoms with Crippen LogP contribution in [0.5, 0.6) is 5.75 Å². The van der Waals surface area contributed by atoms with Crippen LogP contribution in [0.15, 0.2) is 66.7 Å². The lowest BCUT2D eigenvalue weighted by atomic mass is 10.0. The number of nitrogens with one attached hydrogen (secondary N) is 2. The minimum Gasteiger partial charge on any atom is -0.482 e. The Morgan fingerprint density at radius 1 is 0.933 bits per heavy atom. The van der Waals surface area contributed by atoms with Crippen LogP contribution in [0.25, 0.3) is 0 Å². The zero-order valence-electron chi connectivity index (χ0n) is 24.9. The van der Waals surface area contributed by atoms with Crippen molar-refractivity contribution >= 4 is 40.9 Å². The molecular weight excluding hydrogens is 586 g/mol. The second-order valence-corrected chi connectivity index (χ2v) is 10.8. The Kier molecular flexibility index (Phi) is 11.4. The summed E-state index contributed by atoms with van der Waals surface area (Å²) in [7, 11) is 1.25. The van der Waals surface area contributed by atoms with E-state index in [9.17, 15) is 28.0 Å². The van der Waals surface area contributed by atoms with Crippen LogP contribution in [0.4, 0.5) is 30.6 Å². The number of rotatable bonds is 13. The van der Waals surface area contributed by atoms with Crippen LogP contribution in [0.2, 0.25) is 0 Å². The fourth-order valence-corrected chi connectivity index (χ4v) is 5.32. The number of anilines is 3. The lowest BCUT2D eigenvalue weighted by Crippen LogP contribution is -2.42. The highest BCUT2D eigenvalue weighted by Crippen LogP contribution is 2.32. The normalized spacial score (nSPS) is 12.8. The van der Waals surface area contributed by atoms with Crippen molar-refractivity contribution in [3.63, 3.8) is 0 Å². The maximum absolute atomic E-state index is 14.2. The van der Waals surface area contributed by atoms with Gasteiger partial charge in [-0.15, -0.1) is 0 Å². The Balaban J connectivity index is 1.45. The van der Waals surface area contributed by atoms with Crippen molar-refractivity contribution in [2.24, 2.45) is 5.92 Å². The minimum absolute atomic E-state index is 0.199. The van der Waals surface area contributed by atoms with Gasteiger partial charge in [-0.1, -0.05) is 56.0 Å². The molecule has 0 saturated heterocycles. The third-order valence-corrected chi connectivity index (χ3v) is 7.63. The molecule has 12 heteroatoms. The summed E-state index contributed by atoms with van der Waals surface area (Å²) in [4.78, 5) is 52.4. The number of likely N-dealkylation sites (N-methyl/N-ethyl adjacent to an activating group) is 1. The Morgan fingerprint density at radius 2 is 1.62 bits per heavy atom. The van der Waals surface area contributed by atoms with Gasteiger partial charge in [-0.2, -0.15) is 0 Å². The van der Waals surface area contributed by atoms with E-state index < -0.39 is 47.7 Å². The molecule has 0 heterocycles. The Hall–Kier alpha value is -5.00. The molecule has 0 unspecified atom stereocenters. The average molecular weight is 623 g/mol. The molecule has 10 nitrogen and oxygen atoms in total. The number of benzene rings is 3. The molecule has 45 heavy (non-hydrogen) atoms. The van der Waals surface area contributed by atoms with Gasteiger partial charge in [0.25, 0.3) is 5.91 Å². The summed E-state index contributed by atoms with van der Waals surface area (Å²) in [5.41, 5.74) is 0.775. The zero-order valence-corrected chi connectivity index (χ0v) is 24.9. The predicted octanol–water partition coefficient (Wildman–Crippen LogP) is 5.37. The van der Waals surface area contributed by atoms with E-state index in [2.05, 4.69) is 10.6 Å². The number of carboxylic acid groups (broad SMARTS) is 1. The molecule has 1 aliphatic carbocycles. The third kappa shape index (κ3) is 9.24. The van der Waals surface area contributed by atoms with E-state index in [1.54, 1.807) is 42.5 Å². The molecule has 3 N–H and O–H groups in total. The second-order valence-electron chi connectivity index (χ2n) is 10.8. The van der Waals surface area contributed by atoms with Crippen molar-refractivity contribution in [1.82, 2.24) is 5.32 Å². The number of hydrogen-bond donors (Lipinski definition) is 3. The third-order valence-electron chi connectivity index (χ3n) is 7.63. The topological polar surface area (TPSA) is 128 Å². The summed E-state index contributed by atoms with van der Waals surface area (Å²) < 4.78 is 34.3. The summed E-state index contributed by atoms with van der Waals surface area (Å²) >= 11 is 0. The standard InChI is InChI=1S/C33H36F2N4O6/c1-38(32-25(34)12-7-13-26(32)35)30(41)21-45-28-15-5-4-14-27(28)39(17-16-22-8-2-3-9-22)29(40)20-36-33(44)37-24-11-6-10-23(18-24)19-31(42)43/h4-7,10-15,18,22H,2-3,8-9,16-17,19-21H2,1H3,(H,42,43)(H2,36,37,44). The van der Waals surface area contributed by atoms with E-state index >= 15 is 0 Å². The van der Waals surface area contributed by atoms with Gasteiger partial charge in [0.15, 0.2) is 6.61 Å². The molecule has 1 fully saturated rings. The number of nitrogens with zero attached hydrogens (tertiary/aromatic N) is 2. The zero-order chi connectivity index (χ0) is 32.3. The summed E-state index contributed by atoms with van der Waals surface area (Å²) in [6.45, 7) is -0.555. The number of para-hydroxylation sites is 3. The predicted molar refractivity (Wildman–Crippen MR) is 165 cm³/mol. The first-order chi connectivity index (χ1) is 21.6. The number of amides is 4. The Morgan fingerprint density at radius 3 is 2.33 bits per heavy atom. The second kappa shape index (κ2) is 15.6. The van der Waals surface area contributed by atoms with Crippen LogP contribution in [0.3, 0.4) is 0 Å². The van der Waals surface area contributed by atoms with Crippen LogP contribution in [0, 0.1) is 17.6 Å². The molecule has 1 aliphatic rings. The lowest BCUT2D eigenvalue weighted by molar-refractivity contribution is -0.136. The maximum Gasteiger partial charge on any atom is 0.319 e. The van der Waals surface area contributed by atoms with Gasteiger partial charge < -0.3 is 30.3 Å². The first-order valence-corrected chi connectivity index (χ1v) is 14.7. The molecule has 3 aromatic carbocycles. The van der Waals surface area contributed by atoms with Gasteiger partial charge in [-0.3, -0.25) is 14.4 Å². The van der Waals surface area contributed by atoms with E-state index in [4.69, 9.17) is 9.84 Å². The molecule has 0 atom stereocenters. The van der Waals surface area contributed by atoms with Crippen molar-refractivity contribution in [3.8, 4) is 5.75 Å². The number of aliphatic carboxylic acids is 1. The molecule has 4 rings (SSSR count). The quantitative estimate of drug-likeness (QED) is 0.235. The smallest absolute Gasteiger partial charge is 0.319 e. The number of ether oxygens (including phenoxy) is 1. The molecule has 0 radical (unpaired) electrons. The van der Waals surface area contributed by atoms with Crippen molar-refractivity contribution in [1.29, 1.82) is 0 Å². The highest BCUT2D eigenvalue weighted by atomic mass is 19.1. The van der Waals surface area contributed by atoms with Crippen molar-refractivity contribution in [2.45, 2.75) is 38.5 Å². The van der Waals surface area contributed by atoms with Crippen molar-refractivity contribution < 1.29 is 37.8 Å². The van der Waals surface area contributed by atoms with E-state index in [-0.39, 0.29) is 18.7 Å². The molecule has 0 bridgehead atoms. The highest BCUT2D eigenvalue weighted by molar-refractivity contribution is 5.99. The number of hydrogen-bond acceptors (Lipinski definition) is 5. The molecule has 0 spiro atoms. The van der Waals surface area contributed by atoms with E-state index in [0.717, 1.165) is 49.1 Å². The van der Waals surface area contributed by atoms with Gasteiger partial charge in [0.1, 0.15) is 23.1 Å². The number of halogens is 2. The molecular formula is C33H36F2N4O6. The van der Waals surface area contributed by atoms with Crippen LogP contribution < -0.4 is 25.2 Å². The molecule has 238 valence electrons.